The van der Waals surface area contributed by atoms with Crippen LogP contribution >= 0.6 is 23.2 Å². The van der Waals surface area contributed by atoms with E-state index in [1.54, 1.807) is 12.1 Å². The van der Waals surface area contributed by atoms with E-state index < -0.39 is 8.32 Å². The molecule has 0 aliphatic carbocycles. The number of nitrogens with one attached hydrogen (secondary N) is 1. The van der Waals surface area contributed by atoms with Crippen molar-refractivity contribution in [2.24, 2.45) is 11.0 Å². The maximum absolute atomic E-state index is 11.4. The standard InChI is InChI=1S/C21H32Cl2N2O3Si/c1-14-11-18(26)24-25-19(14)15-12-16(22)20(17(23)13-15)27-9-7-8-10-28-29(5,6)21(2,3)4/h12-14H,7-11H2,1-6H3,(H,24,26). The summed E-state index contributed by atoms with van der Waals surface area (Å²) in [6.07, 6.45) is 2.18. The van der Waals surface area contributed by atoms with Crippen molar-refractivity contribution in [2.75, 3.05) is 13.2 Å². The van der Waals surface area contributed by atoms with E-state index >= 15 is 0 Å². The van der Waals surface area contributed by atoms with Crippen molar-refractivity contribution in [1.82, 2.24) is 5.43 Å². The van der Waals surface area contributed by atoms with Gasteiger partial charge in [0, 0.05) is 24.5 Å². The van der Waals surface area contributed by atoms with Crippen LogP contribution in [0.3, 0.4) is 0 Å². The zero-order valence-electron chi connectivity index (χ0n) is 18.2. The zero-order chi connectivity index (χ0) is 21.8. The van der Waals surface area contributed by atoms with Gasteiger partial charge in [0.1, 0.15) is 0 Å². The van der Waals surface area contributed by atoms with Gasteiger partial charge in [-0.05, 0) is 43.1 Å². The van der Waals surface area contributed by atoms with E-state index in [0.29, 0.717) is 28.8 Å². The second kappa shape index (κ2) is 9.82. The number of carbonyl (C=O) groups excluding carboxylic acids is 1. The zero-order valence-corrected chi connectivity index (χ0v) is 20.7. The molecule has 0 spiro atoms. The normalized spacial score (nSPS) is 17.7. The average Bonchev–Trinajstić information content (AvgIpc) is 2.58. The number of carbonyl (C=O) groups is 1. The van der Waals surface area contributed by atoms with Crippen molar-refractivity contribution in [3.63, 3.8) is 0 Å². The lowest BCUT2D eigenvalue weighted by molar-refractivity contribution is -0.121. The van der Waals surface area contributed by atoms with Crippen LogP contribution in [0.5, 0.6) is 5.75 Å². The first kappa shape index (κ1) is 24.2. The Labute approximate surface area is 185 Å². The quantitative estimate of drug-likeness (QED) is 0.381. The van der Waals surface area contributed by atoms with Gasteiger partial charge < -0.3 is 9.16 Å². The maximum Gasteiger partial charge on any atom is 0.240 e. The molecule has 0 bridgehead atoms. The number of benzene rings is 1. The minimum Gasteiger partial charge on any atom is -0.490 e. The van der Waals surface area contributed by atoms with Gasteiger partial charge in [0.2, 0.25) is 5.91 Å². The van der Waals surface area contributed by atoms with E-state index in [4.69, 9.17) is 32.4 Å². The molecule has 1 atom stereocenters. The van der Waals surface area contributed by atoms with Crippen LogP contribution in [0.15, 0.2) is 17.2 Å². The molecule has 1 aliphatic rings. The molecule has 0 radical (unpaired) electrons. The molecule has 0 aromatic heterocycles. The van der Waals surface area contributed by atoms with Gasteiger partial charge in [-0.15, -0.1) is 0 Å². The highest BCUT2D eigenvalue weighted by Gasteiger charge is 2.36. The second-order valence-corrected chi connectivity index (χ2v) is 14.7. The summed E-state index contributed by atoms with van der Waals surface area (Å²) in [6, 6.07) is 3.58. The number of hydrazone groups is 1. The molecule has 1 heterocycles. The molecule has 0 fully saturated rings. The summed E-state index contributed by atoms with van der Waals surface area (Å²) in [6.45, 7) is 14.4. The summed E-state index contributed by atoms with van der Waals surface area (Å²) in [5.41, 5.74) is 4.07. The van der Waals surface area contributed by atoms with Crippen LogP contribution in [-0.4, -0.2) is 33.2 Å². The highest BCUT2D eigenvalue weighted by molar-refractivity contribution is 6.74. The molecule has 0 saturated heterocycles. The molecule has 1 aliphatic heterocycles. The summed E-state index contributed by atoms with van der Waals surface area (Å²) in [5, 5.41) is 5.26. The van der Waals surface area contributed by atoms with Crippen LogP contribution < -0.4 is 10.2 Å². The van der Waals surface area contributed by atoms with Crippen molar-refractivity contribution in [1.29, 1.82) is 0 Å². The largest absolute Gasteiger partial charge is 0.490 e. The van der Waals surface area contributed by atoms with Crippen LogP contribution in [0.4, 0.5) is 0 Å². The minimum absolute atomic E-state index is 0.00329. The third-order valence-electron chi connectivity index (χ3n) is 5.61. The fourth-order valence-electron chi connectivity index (χ4n) is 2.77. The Bertz CT molecular complexity index is 753. The van der Waals surface area contributed by atoms with E-state index in [1.165, 1.54) is 0 Å². The van der Waals surface area contributed by atoms with Crippen LogP contribution in [0, 0.1) is 5.92 Å². The molecule has 29 heavy (non-hydrogen) atoms. The second-order valence-electron chi connectivity index (χ2n) is 9.07. The van der Waals surface area contributed by atoms with Gasteiger partial charge in [0.15, 0.2) is 14.1 Å². The number of ether oxygens (including phenoxy) is 1. The summed E-state index contributed by atoms with van der Waals surface area (Å²) in [5.74, 6) is 0.398. The van der Waals surface area contributed by atoms with Gasteiger partial charge in [0.05, 0.1) is 22.4 Å². The van der Waals surface area contributed by atoms with Crippen LogP contribution in [0.2, 0.25) is 28.2 Å². The number of hydrogen-bond donors (Lipinski definition) is 1. The van der Waals surface area contributed by atoms with Crippen molar-refractivity contribution >= 4 is 43.1 Å². The predicted octanol–water partition coefficient (Wildman–Crippen LogP) is 6.03. The van der Waals surface area contributed by atoms with Crippen LogP contribution in [0.1, 0.15) is 52.5 Å². The monoisotopic (exact) mass is 458 g/mol. The molecular formula is C21H32Cl2N2O3Si. The molecule has 0 saturated carbocycles. The highest BCUT2D eigenvalue weighted by atomic mass is 35.5. The molecule has 1 aromatic carbocycles. The van der Waals surface area contributed by atoms with Crippen LogP contribution in [0.25, 0.3) is 0 Å². The van der Waals surface area contributed by atoms with E-state index in [1.807, 2.05) is 6.92 Å². The number of amides is 1. The van der Waals surface area contributed by atoms with E-state index in [2.05, 4.69) is 44.4 Å². The highest BCUT2D eigenvalue weighted by Crippen LogP contribution is 2.37. The fraction of sp³-hybridized carbons (Fsp3) is 0.619. The molecule has 5 nitrogen and oxygen atoms in total. The fourth-order valence-corrected chi connectivity index (χ4v) is 4.45. The first-order valence-corrected chi connectivity index (χ1v) is 13.7. The lowest BCUT2D eigenvalue weighted by Gasteiger charge is -2.36. The smallest absolute Gasteiger partial charge is 0.240 e. The Morgan fingerprint density at radius 1 is 1.17 bits per heavy atom. The van der Waals surface area contributed by atoms with Crippen molar-refractivity contribution < 1.29 is 14.0 Å². The summed E-state index contributed by atoms with van der Waals surface area (Å²) in [7, 11) is -1.70. The lowest BCUT2D eigenvalue weighted by Crippen LogP contribution is -2.41. The summed E-state index contributed by atoms with van der Waals surface area (Å²) < 4.78 is 12.0. The number of hydrogen-bond acceptors (Lipinski definition) is 4. The third-order valence-corrected chi connectivity index (χ3v) is 10.7. The summed E-state index contributed by atoms with van der Waals surface area (Å²) in [4.78, 5) is 11.4. The number of unbranched alkanes of at least 4 members (excludes halogenated alkanes) is 1. The van der Waals surface area contributed by atoms with E-state index in [0.717, 1.165) is 30.7 Å². The van der Waals surface area contributed by atoms with Gasteiger partial charge in [-0.25, -0.2) is 5.43 Å². The Morgan fingerprint density at radius 2 is 1.76 bits per heavy atom. The Morgan fingerprint density at radius 3 is 2.31 bits per heavy atom. The third kappa shape index (κ3) is 6.45. The topological polar surface area (TPSA) is 59.9 Å². The minimum atomic E-state index is -1.70. The molecule has 1 N–H and O–H groups in total. The average molecular weight is 459 g/mol. The molecule has 1 unspecified atom stereocenters. The molecule has 1 amide bonds. The van der Waals surface area contributed by atoms with Gasteiger partial charge in [-0.3, -0.25) is 4.79 Å². The van der Waals surface area contributed by atoms with Crippen molar-refractivity contribution in [2.45, 2.75) is 65.1 Å². The SMILES string of the molecule is CC1CC(=O)NN=C1c1cc(Cl)c(OCCCCO[Si](C)(C)C(C)(C)C)c(Cl)c1. The lowest BCUT2D eigenvalue weighted by atomic mass is 9.94. The molecule has 2 rings (SSSR count). The van der Waals surface area contributed by atoms with Crippen LogP contribution in [-0.2, 0) is 9.22 Å². The molecular weight excluding hydrogens is 427 g/mol. The van der Waals surface area contributed by atoms with Gasteiger partial charge >= 0.3 is 0 Å². The number of halogens is 2. The van der Waals surface area contributed by atoms with E-state index in [9.17, 15) is 4.79 Å². The first-order valence-electron chi connectivity index (χ1n) is 10.0. The first-order chi connectivity index (χ1) is 13.4. The Kier molecular flexibility index (Phi) is 8.19. The Hall–Kier alpha value is -1.08. The van der Waals surface area contributed by atoms with Crippen molar-refractivity contribution in [3.8, 4) is 5.75 Å². The molecule has 1 aromatic rings. The maximum atomic E-state index is 11.4. The van der Waals surface area contributed by atoms with E-state index in [-0.39, 0.29) is 16.9 Å². The predicted molar refractivity (Wildman–Crippen MR) is 123 cm³/mol. The van der Waals surface area contributed by atoms with Gasteiger partial charge in [-0.1, -0.05) is 50.9 Å². The molecule has 162 valence electrons. The Balaban J connectivity index is 1.89. The van der Waals surface area contributed by atoms with Gasteiger partial charge in [-0.2, -0.15) is 5.10 Å². The number of rotatable bonds is 8. The molecule has 8 heteroatoms. The van der Waals surface area contributed by atoms with Gasteiger partial charge in [0.25, 0.3) is 0 Å². The summed E-state index contributed by atoms with van der Waals surface area (Å²) >= 11 is 12.8. The number of nitrogens with zero attached hydrogens (tertiary/aromatic N) is 1. The van der Waals surface area contributed by atoms with Crippen molar-refractivity contribution in [3.05, 3.63) is 27.7 Å².